The van der Waals surface area contributed by atoms with Crippen molar-refractivity contribution in [1.82, 2.24) is 19.5 Å². The molecule has 0 saturated carbocycles. The maximum Gasteiger partial charge on any atom is 0.256 e. The van der Waals surface area contributed by atoms with E-state index >= 15 is 0 Å². The van der Waals surface area contributed by atoms with E-state index in [0.717, 1.165) is 32.8 Å². The van der Waals surface area contributed by atoms with Gasteiger partial charge in [-0.15, -0.1) is 0 Å². The lowest BCUT2D eigenvalue weighted by molar-refractivity contribution is 0.102. The number of carbonyl (C=O) groups is 1. The van der Waals surface area contributed by atoms with E-state index in [-0.39, 0.29) is 5.91 Å². The van der Waals surface area contributed by atoms with E-state index < -0.39 is 0 Å². The van der Waals surface area contributed by atoms with Gasteiger partial charge in [0.1, 0.15) is 5.82 Å². The summed E-state index contributed by atoms with van der Waals surface area (Å²) >= 11 is 0. The van der Waals surface area contributed by atoms with Gasteiger partial charge in [0.2, 0.25) is 0 Å². The van der Waals surface area contributed by atoms with Crippen LogP contribution < -0.4 is 5.32 Å². The maximum atomic E-state index is 12.6. The predicted molar refractivity (Wildman–Crippen MR) is 110 cm³/mol. The Morgan fingerprint density at radius 1 is 0.964 bits per heavy atom. The molecule has 0 fully saturated rings. The Morgan fingerprint density at radius 3 is 2.68 bits per heavy atom. The number of aromatic nitrogens is 4. The Balaban J connectivity index is 1.46. The number of rotatable bonds is 3. The summed E-state index contributed by atoms with van der Waals surface area (Å²) in [6.45, 7) is 0. The molecule has 0 aliphatic rings. The number of benzene rings is 2. The minimum Gasteiger partial charge on any atom is -0.366 e. The normalized spacial score (nSPS) is 11.2. The molecule has 0 radical (unpaired) electrons. The fourth-order valence-corrected chi connectivity index (χ4v) is 3.39. The summed E-state index contributed by atoms with van der Waals surface area (Å²) in [6, 6.07) is 13.6. The van der Waals surface area contributed by atoms with E-state index in [4.69, 9.17) is 0 Å². The average molecular weight is 367 g/mol. The molecule has 0 aliphatic carbocycles. The summed E-state index contributed by atoms with van der Waals surface area (Å²) in [5.41, 5.74) is 2.69. The monoisotopic (exact) mass is 367 g/mol. The number of anilines is 1. The molecule has 0 atom stereocenters. The van der Waals surface area contributed by atoms with Crippen LogP contribution in [0.2, 0.25) is 0 Å². The van der Waals surface area contributed by atoms with Gasteiger partial charge in [0.25, 0.3) is 5.91 Å². The summed E-state index contributed by atoms with van der Waals surface area (Å²) in [6.07, 6.45) is 9.16. The number of H-pyrrole nitrogens is 1. The Morgan fingerprint density at radius 2 is 1.82 bits per heavy atom. The zero-order valence-corrected chi connectivity index (χ0v) is 15.2. The van der Waals surface area contributed by atoms with Gasteiger partial charge < -0.3 is 14.9 Å². The molecular weight excluding hydrogens is 350 g/mol. The van der Waals surface area contributed by atoms with E-state index in [0.29, 0.717) is 11.4 Å². The highest BCUT2D eigenvalue weighted by Gasteiger charge is 2.10. The number of hydrogen-bond acceptors (Lipinski definition) is 3. The number of amides is 1. The van der Waals surface area contributed by atoms with E-state index in [1.165, 1.54) is 0 Å². The van der Waals surface area contributed by atoms with Crippen LogP contribution in [0.15, 0.2) is 73.6 Å². The van der Waals surface area contributed by atoms with Crippen molar-refractivity contribution in [3.63, 3.8) is 0 Å². The number of imidazole rings is 1. The van der Waals surface area contributed by atoms with Gasteiger partial charge in [-0.25, -0.2) is 9.97 Å². The largest absolute Gasteiger partial charge is 0.366 e. The first-order valence-corrected chi connectivity index (χ1v) is 8.92. The van der Waals surface area contributed by atoms with Gasteiger partial charge in [0.05, 0.1) is 18.2 Å². The Bertz CT molecular complexity index is 1330. The number of carbonyl (C=O) groups excluding carboxylic acids is 1. The lowest BCUT2D eigenvalue weighted by Gasteiger charge is -2.08. The number of nitrogens with zero attached hydrogens (tertiary/aromatic N) is 3. The zero-order chi connectivity index (χ0) is 19.1. The third-order valence-corrected chi connectivity index (χ3v) is 4.90. The van der Waals surface area contributed by atoms with Crippen LogP contribution >= 0.6 is 0 Å². The molecule has 0 bridgehead atoms. The SMILES string of the molecule is Cn1cncc1-c1ccc2cnc(NC(=O)c3ccc4c[nH]cc4c3)cc2c1. The van der Waals surface area contributed by atoms with E-state index in [1.807, 2.05) is 66.6 Å². The minimum atomic E-state index is -0.183. The van der Waals surface area contributed by atoms with Crippen molar-refractivity contribution in [3.8, 4) is 11.3 Å². The second-order valence-electron chi connectivity index (χ2n) is 6.77. The van der Waals surface area contributed by atoms with E-state index in [1.54, 1.807) is 12.5 Å². The van der Waals surface area contributed by atoms with Gasteiger partial charge in [0, 0.05) is 42.2 Å². The summed E-state index contributed by atoms with van der Waals surface area (Å²) < 4.78 is 1.97. The first kappa shape index (κ1) is 16.3. The van der Waals surface area contributed by atoms with Gasteiger partial charge in [-0.05, 0) is 40.4 Å². The number of fused-ring (bicyclic) bond motifs is 2. The van der Waals surface area contributed by atoms with Crippen LogP contribution in [0.1, 0.15) is 10.4 Å². The molecule has 5 aromatic rings. The van der Waals surface area contributed by atoms with Gasteiger partial charge >= 0.3 is 0 Å². The van der Waals surface area contributed by atoms with Crippen LogP contribution in [0.25, 0.3) is 32.8 Å². The first-order valence-electron chi connectivity index (χ1n) is 8.92. The number of hydrogen-bond donors (Lipinski definition) is 2. The number of aryl methyl sites for hydroxylation is 1. The third-order valence-electron chi connectivity index (χ3n) is 4.90. The van der Waals surface area contributed by atoms with E-state index in [9.17, 15) is 4.79 Å². The van der Waals surface area contributed by atoms with Gasteiger partial charge in [-0.2, -0.15) is 0 Å². The van der Waals surface area contributed by atoms with Gasteiger partial charge in [-0.3, -0.25) is 4.79 Å². The molecular formula is C22H17N5O. The highest BCUT2D eigenvalue weighted by atomic mass is 16.1. The lowest BCUT2D eigenvalue weighted by Crippen LogP contribution is -2.12. The van der Waals surface area contributed by atoms with Crippen molar-refractivity contribution in [1.29, 1.82) is 0 Å². The summed E-state index contributed by atoms with van der Waals surface area (Å²) in [4.78, 5) is 24.2. The average Bonchev–Trinajstić information content (AvgIpc) is 3.35. The van der Waals surface area contributed by atoms with Crippen molar-refractivity contribution in [3.05, 3.63) is 79.1 Å². The smallest absolute Gasteiger partial charge is 0.256 e. The molecule has 28 heavy (non-hydrogen) atoms. The predicted octanol–water partition coefficient (Wildman–Crippen LogP) is 4.37. The molecule has 3 aromatic heterocycles. The van der Waals surface area contributed by atoms with Gasteiger partial charge in [-0.1, -0.05) is 18.2 Å². The maximum absolute atomic E-state index is 12.6. The second-order valence-corrected chi connectivity index (χ2v) is 6.77. The summed E-state index contributed by atoms with van der Waals surface area (Å²) in [5.74, 6) is 0.339. The molecule has 0 saturated heterocycles. The fraction of sp³-hybridized carbons (Fsp3) is 0.0455. The van der Waals surface area contributed by atoms with Crippen molar-refractivity contribution < 1.29 is 4.79 Å². The summed E-state index contributed by atoms with van der Waals surface area (Å²) in [7, 11) is 1.96. The summed E-state index contributed by atoms with van der Waals surface area (Å²) in [5, 5.41) is 6.98. The molecule has 1 amide bonds. The molecule has 2 N–H and O–H groups in total. The molecule has 5 rings (SSSR count). The molecule has 0 aliphatic heterocycles. The third kappa shape index (κ3) is 2.81. The standard InChI is InChI=1S/C22H17N5O/c1-27-13-24-12-20(27)14-2-4-17-11-25-21(8-18(17)6-14)26-22(28)15-3-5-16-9-23-10-19(16)7-15/h2-13,23H,1H3,(H,25,26,28). The lowest BCUT2D eigenvalue weighted by atomic mass is 10.1. The van der Waals surface area contributed by atoms with Crippen LogP contribution in [-0.2, 0) is 7.05 Å². The van der Waals surface area contributed by atoms with Crippen molar-refractivity contribution in [2.45, 2.75) is 0 Å². The van der Waals surface area contributed by atoms with Crippen molar-refractivity contribution in [2.24, 2.45) is 7.05 Å². The minimum absolute atomic E-state index is 0.183. The van der Waals surface area contributed by atoms with Crippen molar-refractivity contribution in [2.75, 3.05) is 5.32 Å². The van der Waals surface area contributed by atoms with Crippen LogP contribution in [0.4, 0.5) is 5.82 Å². The topological polar surface area (TPSA) is 75.6 Å². The highest BCUT2D eigenvalue weighted by molar-refractivity contribution is 6.06. The second kappa shape index (κ2) is 6.35. The quantitative estimate of drug-likeness (QED) is 0.497. The van der Waals surface area contributed by atoms with Crippen LogP contribution in [0.5, 0.6) is 0 Å². The van der Waals surface area contributed by atoms with Crippen LogP contribution in [0, 0.1) is 0 Å². The van der Waals surface area contributed by atoms with Gasteiger partial charge in [0.15, 0.2) is 0 Å². The van der Waals surface area contributed by atoms with Crippen molar-refractivity contribution >= 4 is 33.3 Å². The van der Waals surface area contributed by atoms with Crippen LogP contribution in [0.3, 0.4) is 0 Å². The Kier molecular flexibility index (Phi) is 3.69. The number of pyridine rings is 1. The highest BCUT2D eigenvalue weighted by Crippen LogP contribution is 2.25. The van der Waals surface area contributed by atoms with Crippen LogP contribution in [-0.4, -0.2) is 25.4 Å². The van der Waals surface area contributed by atoms with E-state index in [2.05, 4.69) is 26.3 Å². The molecule has 0 unspecified atom stereocenters. The molecule has 3 heterocycles. The Labute approximate surface area is 160 Å². The number of nitrogens with one attached hydrogen (secondary N) is 2. The molecule has 6 heteroatoms. The Hall–Kier alpha value is -3.93. The molecule has 136 valence electrons. The molecule has 6 nitrogen and oxygen atoms in total. The molecule has 0 spiro atoms. The fourth-order valence-electron chi connectivity index (χ4n) is 3.39. The molecule has 2 aromatic carbocycles. The zero-order valence-electron chi connectivity index (χ0n) is 15.2. The number of aromatic amines is 1. The first-order chi connectivity index (χ1) is 13.7.